The average molecular weight is 425 g/mol. The number of nitrogens with zero attached hydrogens (tertiary/aromatic N) is 3. The maximum Gasteiger partial charge on any atom is 0.405 e. The van der Waals surface area contributed by atoms with Gasteiger partial charge in [0, 0.05) is 23.7 Å². The molecule has 11 heteroatoms. The molecule has 1 atom stereocenters. The molecule has 0 spiro atoms. The first kappa shape index (κ1) is 21.6. The van der Waals surface area contributed by atoms with Gasteiger partial charge in [0.15, 0.2) is 5.82 Å². The van der Waals surface area contributed by atoms with Gasteiger partial charge in [-0.2, -0.15) is 18.2 Å². The smallest absolute Gasteiger partial charge is 0.345 e. The summed E-state index contributed by atoms with van der Waals surface area (Å²) in [4.78, 5) is 30.1. The zero-order chi connectivity index (χ0) is 21.9. The molecule has 0 saturated carbocycles. The molecule has 30 heavy (non-hydrogen) atoms. The topological polar surface area (TPSA) is 100 Å². The van der Waals surface area contributed by atoms with E-state index in [4.69, 9.17) is 4.52 Å². The lowest BCUT2D eigenvalue weighted by Crippen LogP contribution is -2.49. The minimum absolute atomic E-state index is 0.128. The zero-order valence-electron chi connectivity index (χ0n) is 16.5. The first-order valence-corrected chi connectivity index (χ1v) is 9.50. The number of urea groups is 1. The van der Waals surface area contributed by atoms with Crippen molar-refractivity contribution < 1.29 is 27.3 Å². The van der Waals surface area contributed by atoms with Crippen LogP contribution in [0.3, 0.4) is 0 Å². The molecule has 1 aliphatic rings. The van der Waals surface area contributed by atoms with Crippen LogP contribution < -0.4 is 10.6 Å². The van der Waals surface area contributed by atoms with Gasteiger partial charge in [-0.05, 0) is 37.1 Å². The number of carbonyl (C=O) groups excluding carboxylic acids is 2. The quantitative estimate of drug-likeness (QED) is 0.763. The van der Waals surface area contributed by atoms with Crippen LogP contribution in [-0.4, -0.2) is 52.3 Å². The lowest BCUT2D eigenvalue weighted by atomic mass is 10.2. The van der Waals surface area contributed by atoms with Crippen LogP contribution in [0, 0.1) is 0 Å². The second-order valence-electron chi connectivity index (χ2n) is 7.30. The van der Waals surface area contributed by atoms with E-state index in [9.17, 15) is 22.8 Å². The standard InChI is InChI=1S/C19H22F3N5O3/c1-11(2)15-25-17(30-26-15)12-5-7-13(8-6-12)24-18(29)27-9-3-4-14(27)16(28)23-10-19(20,21)22/h5-8,11,14H,3-4,9-10H2,1-2H3,(H,23,28)(H,24,29). The number of hydrogen-bond acceptors (Lipinski definition) is 5. The average Bonchev–Trinajstić information content (AvgIpc) is 3.36. The molecule has 3 amide bonds. The maximum absolute atomic E-state index is 12.5. The Bertz CT molecular complexity index is 896. The Kier molecular flexibility index (Phi) is 6.28. The molecule has 3 rings (SSSR count). The van der Waals surface area contributed by atoms with Crippen molar-refractivity contribution >= 4 is 17.6 Å². The van der Waals surface area contributed by atoms with Crippen LogP contribution in [0.1, 0.15) is 38.4 Å². The predicted octanol–water partition coefficient (Wildman–Crippen LogP) is 3.53. The second kappa shape index (κ2) is 8.72. The number of amides is 3. The van der Waals surface area contributed by atoms with Crippen LogP contribution >= 0.6 is 0 Å². The third-order valence-electron chi connectivity index (χ3n) is 4.62. The number of benzene rings is 1. The molecule has 1 fully saturated rings. The summed E-state index contributed by atoms with van der Waals surface area (Å²) in [5, 5.41) is 8.40. The maximum atomic E-state index is 12.5. The van der Waals surface area contributed by atoms with Crippen LogP contribution in [0.15, 0.2) is 28.8 Å². The Hall–Kier alpha value is -3.11. The number of likely N-dealkylation sites (tertiary alicyclic amines) is 1. The summed E-state index contributed by atoms with van der Waals surface area (Å²) in [5.41, 5.74) is 1.15. The first-order chi connectivity index (χ1) is 14.1. The lowest BCUT2D eigenvalue weighted by Gasteiger charge is -2.24. The van der Waals surface area contributed by atoms with Crippen LogP contribution in [0.2, 0.25) is 0 Å². The van der Waals surface area contributed by atoms with E-state index < -0.39 is 30.7 Å². The number of halogens is 3. The minimum Gasteiger partial charge on any atom is -0.345 e. The molecule has 2 aromatic rings. The van der Waals surface area contributed by atoms with E-state index in [1.807, 2.05) is 19.2 Å². The fraction of sp³-hybridized carbons (Fsp3) is 0.474. The highest BCUT2D eigenvalue weighted by molar-refractivity contribution is 5.94. The molecule has 1 aromatic carbocycles. The Labute approximate surface area is 170 Å². The van der Waals surface area contributed by atoms with Crippen molar-refractivity contribution in [1.29, 1.82) is 0 Å². The summed E-state index contributed by atoms with van der Waals surface area (Å²) < 4.78 is 42.2. The van der Waals surface area contributed by atoms with Crippen molar-refractivity contribution in [3.8, 4) is 11.5 Å². The summed E-state index contributed by atoms with van der Waals surface area (Å²) in [6, 6.07) is 5.20. The summed E-state index contributed by atoms with van der Waals surface area (Å²) in [7, 11) is 0. The molecule has 0 radical (unpaired) electrons. The number of hydrogen-bond donors (Lipinski definition) is 2. The van der Waals surface area contributed by atoms with Gasteiger partial charge in [-0.1, -0.05) is 19.0 Å². The lowest BCUT2D eigenvalue weighted by molar-refractivity contribution is -0.140. The summed E-state index contributed by atoms with van der Waals surface area (Å²) in [6.07, 6.45) is -3.66. The summed E-state index contributed by atoms with van der Waals surface area (Å²) >= 11 is 0. The van der Waals surface area contributed by atoms with Gasteiger partial charge < -0.3 is 20.1 Å². The van der Waals surface area contributed by atoms with Gasteiger partial charge in [0.05, 0.1) is 0 Å². The van der Waals surface area contributed by atoms with Crippen molar-refractivity contribution in [2.45, 2.75) is 44.8 Å². The van der Waals surface area contributed by atoms with E-state index in [0.717, 1.165) is 0 Å². The van der Waals surface area contributed by atoms with Crippen LogP contribution in [0.4, 0.5) is 23.7 Å². The number of alkyl halides is 3. The molecule has 2 heterocycles. The van der Waals surface area contributed by atoms with Gasteiger partial charge in [0.25, 0.3) is 5.89 Å². The molecule has 162 valence electrons. The molecule has 8 nitrogen and oxygen atoms in total. The van der Waals surface area contributed by atoms with Crippen molar-refractivity contribution in [3.05, 3.63) is 30.1 Å². The molecule has 1 aliphatic heterocycles. The fourth-order valence-corrected chi connectivity index (χ4v) is 3.07. The van der Waals surface area contributed by atoms with Gasteiger partial charge in [-0.25, -0.2) is 4.79 Å². The number of nitrogens with one attached hydrogen (secondary N) is 2. The van der Waals surface area contributed by atoms with E-state index in [-0.39, 0.29) is 12.5 Å². The molecule has 0 bridgehead atoms. The third kappa shape index (κ3) is 5.28. The van der Waals surface area contributed by atoms with E-state index in [1.54, 1.807) is 24.3 Å². The van der Waals surface area contributed by atoms with Gasteiger partial charge >= 0.3 is 12.2 Å². The monoisotopic (exact) mass is 425 g/mol. The Morgan fingerprint density at radius 1 is 1.27 bits per heavy atom. The highest BCUT2D eigenvalue weighted by Crippen LogP contribution is 2.23. The third-order valence-corrected chi connectivity index (χ3v) is 4.62. The van der Waals surface area contributed by atoms with Crippen molar-refractivity contribution in [3.63, 3.8) is 0 Å². The number of aromatic nitrogens is 2. The van der Waals surface area contributed by atoms with Crippen molar-refractivity contribution in [2.75, 3.05) is 18.4 Å². The molecular weight excluding hydrogens is 403 g/mol. The molecular formula is C19H22F3N5O3. The van der Waals surface area contributed by atoms with Crippen LogP contribution in [0.25, 0.3) is 11.5 Å². The predicted molar refractivity (Wildman–Crippen MR) is 102 cm³/mol. The molecule has 1 saturated heterocycles. The van der Waals surface area contributed by atoms with E-state index in [0.29, 0.717) is 35.8 Å². The van der Waals surface area contributed by atoms with Gasteiger partial charge in [0.2, 0.25) is 5.91 Å². The van der Waals surface area contributed by atoms with E-state index in [2.05, 4.69) is 15.5 Å². The molecule has 0 aliphatic carbocycles. The normalized spacial score (nSPS) is 16.7. The van der Waals surface area contributed by atoms with Crippen molar-refractivity contribution in [1.82, 2.24) is 20.4 Å². The Balaban J connectivity index is 1.61. The highest BCUT2D eigenvalue weighted by atomic mass is 19.4. The molecule has 2 N–H and O–H groups in total. The fourth-order valence-electron chi connectivity index (χ4n) is 3.07. The minimum atomic E-state index is -4.50. The highest BCUT2D eigenvalue weighted by Gasteiger charge is 2.36. The van der Waals surface area contributed by atoms with Crippen LogP contribution in [-0.2, 0) is 4.79 Å². The SMILES string of the molecule is CC(C)c1noc(-c2ccc(NC(=O)N3CCCC3C(=O)NCC(F)(F)F)cc2)n1. The van der Waals surface area contributed by atoms with Gasteiger partial charge in [-0.15, -0.1) is 0 Å². The zero-order valence-corrected chi connectivity index (χ0v) is 16.5. The summed E-state index contributed by atoms with van der Waals surface area (Å²) in [6.45, 7) is 2.76. The molecule has 1 unspecified atom stereocenters. The number of carbonyl (C=O) groups is 2. The van der Waals surface area contributed by atoms with E-state index >= 15 is 0 Å². The summed E-state index contributed by atoms with van der Waals surface area (Å²) in [5.74, 6) is 0.263. The Morgan fingerprint density at radius 3 is 2.57 bits per heavy atom. The second-order valence-corrected chi connectivity index (χ2v) is 7.30. The van der Waals surface area contributed by atoms with Gasteiger partial charge in [-0.3, -0.25) is 4.79 Å². The largest absolute Gasteiger partial charge is 0.405 e. The van der Waals surface area contributed by atoms with Gasteiger partial charge in [0.1, 0.15) is 12.6 Å². The Morgan fingerprint density at radius 2 is 1.97 bits per heavy atom. The number of anilines is 1. The first-order valence-electron chi connectivity index (χ1n) is 9.50. The number of rotatable bonds is 5. The molecule has 1 aromatic heterocycles. The van der Waals surface area contributed by atoms with Crippen LogP contribution in [0.5, 0.6) is 0 Å². The van der Waals surface area contributed by atoms with E-state index in [1.165, 1.54) is 4.90 Å². The van der Waals surface area contributed by atoms with Crippen molar-refractivity contribution in [2.24, 2.45) is 0 Å².